The standard InChI is InChI=1S/C17H15F3N4/c18-17(19,20)12-3-1-11(2-4-12)9-24(13-5-6-13)16-14-7-8-21-15(14)22-10-23-16/h1-4,7-8,10,13H,5-6,9H2,(H,21,22,23). The zero-order valence-electron chi connectivity index (χ0n) is 12.7. The second kappa shape index (κ2) is 5.51. The Kier molecular flexibility index (Phi) is 3.44. The van der Waals surface area contributed by atoms with Crippen LogP contribution in [-0.2, 0) is 12.7 Å². The van der Waals surface area contributed by atoms with Gasteiger partial charge in [-0.15, -0.1) is 0 Å². The summed E-state index contributed by atoms with van der Waals surface area (Å²) < 4.78 is 38.1. The molecule has 0 spiro atoms. The van der Waals surface area contributed by atoms with E-state index in [-0.39, 0.29) is 0 Å². The van der Waals surface area contributed by atoms with E-state index in [9.17, 15) is 13.2 Å². The first kappa shape index (κ1) is 15.0. The van der Waals surface area contributed by atoms with Gasteiger partial charge >= 0.3 is 6.18 Å². The maximum atomic E-state index is 12.7. The van der Waals surface area contributed by atoms with E-state index in [1.54, 1.807) is 0 Å². The zero-order chi connectivity index (χ0) is 16.7. The van der Waals surface area contributed by atoms with E-state index in [2.05, 4.69) is 19.9 Å². The van der Waals surface area contributed by atoms with Crippen LogP contribution in [0.25, 0.3) is 11.0 Å². The molecule has 2 aromatic heterocycles. The van der Waals surface area contributed by atoms with Crippen molar-refractivity contribution < 1.29 is 13.2 Å². The van der Waals surface area contributed by atoms with E-state index in [0.717, 1.165) is 47.4 Å². The molecule has 0 saturated heterocycles. The van der Waals surface area contributed by atoms with Gasteiger partial charge in [0.2, 0.25) is 0 Å². The Hall–Kier alpha value is -2.57. The highest BCUT2D eigenvalue weighted by Gasteiger charge is 2.32. The average Bonchev–Trinajstić information content (AvgIpc) is 3.28. The number of H-pyrrole nitrogens is 1. The summed E-state index contributed by atoms with van der Waals surface area (Å²) in [5.74, 6) is 0.823. The number of anilines is 1. The smallest absolute Gasteiger partial charge is 0.349 e. The predicted molar refractivity (Wildman–Crippen MR) is 84.5 cm³/mol. The molecule has 4 nitrogen and oxygen atoms in total. The van der Waals surface area contributed by atoms with Gasteiger partial charge in [0, 0.05) is 18.8 Å². The maximum absolute atomic E-state index is 12.7. The van der Waals surface area contributed by atoms with E-state index >= 15 is 0 Å². The average molecular weight is 332 g/mol. The molecule has 3 aromatic rings. The maximum Gasteiger partial charge on any atom is 0.416 e. The van der Waals surface area contributed by atoms with Crippen LogP contribution < -0.4 is 4.90 Å². The number of nitrogens with one attached hydrogen (secondary N) is 1. The molecular formula is C17H15F3N4. The SMILES string of the molecule is FC(F)(F)c1ccc(CN(c2ncnc3[nH]ccc23)C2CC2)cc1. The van der Waals surface area contributed by atoms with Gasteiger partial charge < -0.3 is 9.88 Å². The summed E-state index contributed by atoms with van der Waals surface area (Å²) in [6.45, 7) is 0.528. The number of rotatable bonds is 4. The van der Waals surface area contributed by atoms with Crippen molar-refractivity contribution in [1.82, 2.24) is 15.0 Å². The number of hydrogen-bond donors (Lipinski definition) is 1. The molecule has 24 heavy (non-hydrogen) atoms. The number of nitrogens with zero attached hydrogens (tertiary/aromatic N) is 3. The lowest BCUT2D eigenvalue weighted by Gasteiger charge is -2.24. The molecule has 0 amide bonds. The Morgan fingerprint density at radius 1 is 1.08 bits per heavy atom. The summed E-state index contributed by atoms with van der Waals surface area (Å²) in [7, 11) is 0. The number of alkyl halides is 3. The van der Waals surface area contributed by atoms with E-state index < -0.39 is 11.7 Å². The number of halogens is 3. The lowest BCUT2D eigenvalue weighted by atomic mass is 10.1. The zero-order valence-corrected chi connectivity index (χ0v) is 12.7. The fourth-order valence-corrected chi connectivity index (χ4v) is 2.85. The minimum Gasteiger partial charge on any atom is -0.349 e. The molecule has 1 saturated carbocycles. The van der Waals surface area contributed by atoms with E-state index in [1.165, 1.54) is 18.5 Å². The normalized spacial score (nSPS) is 15.0. The Balaban J connectivity index is 1.64. The van der Waals surface area contributed by atoms with Crippen LogP contribution >= 0.6 is 0 Å². The van der Waals surface area contributed by atoms with Crippen LogP contribution in [0.2, 0.25) is 0 Å². The van der Waals surface area contributed by atoms with Gasteiger partial charge in [-0.05, 0) is 36.6 Å². The molecule has 1 aromatic carbocycles. The molecule has 0 aliphatic heterocycles. The van der Waals surface area contributed by atoms with Gasteiger partial charge in [0.15, 0.2) is 0 Å². The van der Waals surface area contributed by atoms with Crippen molar-refractivity contribution in [3.8, 4) is 0 Å². The second-order valence-corrected chi connectivity index (χ2v) is 5.99. The third-order valence-electron chi connectivity index (χ3n) is 4.23. The highest BCUT2D eigenvalue weighted by Crippen LogP contribution is 2.35. The molecule has 7 heteroatoms. The number of hydrogen-bond acceptors (Lipinski definition) is 3. The van der Waals surface area contributed by atoms with Gasteiger partial charge in [0.25, 0.3) is 0 Å². The fraction of sp³-hybridized carbons (Fsp3) is 0.294. The van der Waals surface area contributed by atoms with Crippen LogP contribution in [0.5, 0.6) is 0 Å². The summed E-state index contributed by atoms with van der Waals surface area (Å²) in [5, 5.41) is 0.927. The molecule has 1 aliphatic carbocycles. The Labute approximate surface area is 136 Å². The molecule has 1 N–H and O–H groups in total. The summed E-state index contributed by atoms with van der Waals surface area (Å²) in [6.07, 6.45) is 1.15. The first-order valence-corrected chi connectivity index (χ1v) is 7.73. The molecule has 0 unspecified atom stereocenters. The van der Waals surface area contributed by atoms with Crippen LogP contribution in [0.4, 0.5) is 19.0 Å². The molecule has 0 radical (unpaired) electrons. The van der Waals surface area contributed by atoms with E-state index in [0.29, 0.717) is 12.6 Å². The third-order valence-corrected chi connectivity index (χ3v) is 4.23. The third kappa shape index (κ3) is 2.81. The Morgan fingerprint density at radius 3 is 2.50 bits per heavy atom. The second-order valence-electron chi connectivity index (χ2n) is 5.99. The van der Waals surface area contributed by atoms with Crippen molar-refractivity contribution in [3.05, 3.63) is 54.0 Å². The highest BCUT2D eigenvalue weighted by molar-refractivity contribution is 5.87. The van der Waals surface area contributed by atoms with Gasteiger partial charge in [-0.3, -0.25) is 0 Å². The monoisotopic (exact) mass is 332 g/mol. The van der Waals surface area contributed by atoms with Gasteiger partial charge in [0.05, 0.1) is 10.9 Å². The van der Waals surface area contributed by atoms with Crippen molar-refractivity contribution in [1.29, 1.82) is 0 Å². The minimum atomic E-state index is -4.31. The Bertz CT molecular complexity index is 850. The van der Waals surface area contributed by atoms with Crippen molar-refractivity contribution in [2.75, 3.05) is 4.90 Å². The van der Waals surface area contributed by atoms with Crippen LogP contribution in [0.15, 0.2) is 42.9 Å². The van der Waals surface area contributed by atoms with E-state index in [4.69, 9.17) is 0 Å². The molecule has 2 heterocycles. The summed E-state index contributed by atoms with van der Waals surface area (Å²) in [5.41, 5.74) is 0.967. The first-order valence-electron chi connectivity index (χ1n) is 7.73. The summed E-state index contributed by atoms with van der Waals surface area (Å²) in [4.78, 5) is 13.8. The van der Waals surface area contributed by atoms with Gasteiger partial charge in [-0.2, -0.15) is 13.2 Å². The molecule has 0 atom stereocenters. The number of aromatic nitrogens is 3. The molecular weight excluding hydrogens is 317 g/mol. The molecule has 4 rings (SSSR count). The highest BCUT2D eigenvalue weighted by atomic mass is 19.4. The number of fused-ring (bicyclic) bond motifs is 1. The molecule has 1 fully saturated rings. The lowest BCUT2D eigenvalue weighted by molar-refractivity contribution is -0.137. The van der Waals surface area contributed by atoms with Crippen molar-refractivity contribution in [2.24, 2.45) is 0 Å². The largest absolute Gasteiger partial charge is 0.416 e. The van der Waals surface area contributed by atoms with Crippen LogP contribution in [0, 0.1) is 0 Å². The topological polar surface area (TPSA) is 44.8 Å². The fourth-order valence-electron chi connectivity index (χ4n) is 2.85. The minimum absolute atomic E-state index is 0.375. The molecule has 124 valence electrons. The summed E-state index contributed by atoms with van der Waals surface area (Å²) in [6, 6.07) is 7.63. The lowest BCUT2D eigenvalue weighted by Crippen LogP contribution is -2.26. The van der Waals surface area contributed by atoms with Crippen LogP contribution in [-0.4, -0.2) is 21.0 Å². The molecule has 1 aliphatic rings. The van der Waals surface area contributed by atoms with Crippen molar-refractivity contribution in [3.63, 3.8) is 0 Å². The van der Waals surface area contributed by atoms with Gasteiger partial charge in [-0.1, -0.05) is 12.1 Å². The Morgan fingerprint density at radius 2 is 1.83 bits per heavy atom. The van der Waals surface area contributed by atoms with Gasteiger partial charge in [-0.25, -0.2) is 9.97 Å². The van der Waals surface area contributed by atoms with E-state index in [1.807, 2.05) is 12.3 Å². The number of aromatic amines is 1. The van der Waals surface area contributed by atoms with Crippen molar-refractivity contribution in [2.45, 2.75) is 31.6 Å². The number of benzene rings is 1. The van der Waals surface area contributed by atoms with Crippen LogP contribution in [0.1, 0.15) is 24.0 Å². The summed E-state index contributed by atoms with van der Waals surface area (Å²) >= 11 is 0. The first-order chi connectivity index (χ1) is 11.5. The quantitative estimate of drug-likeness (QED) is 0.781. The predicted octanol–water partition coefficient (Wildman–Crippen LogP) is 4.15. The van der Waals surface area contributed by atoms with Gasteiger partial charge in [0.1, 0.15) is 17.8 Å². The molecule has 0 bridgehead atoms. The van der Waals surface area contributed by atoms with Crippen molar-refractivity contribution >= 4 is 16.9 Å². The van der Waals surface area contributed by atoms with Crippen LogP contribution in [0.3, 0.4) is 0 Å².